The van der Waals surface area contributed by atoms with Gasteiger partial charge in [0, 0.05) is 17.7 Å². The van der Waals surface area contributed by atoms with Crippen molar-refractivity contribution in [2.75, 3.05) is 39.6 Å². The summed E-state index contributed by atoms with van der Waals surface area (Å²) < 4.78 is 26.6. The molecule has 8 heteroatoms. The molecule has 2 aromatic rings. The van der Waals surface area contributed by atoms with E-state index in [9.17, 15) is 9.59 Å². The standard InChI is InChI=1S/C15H20O4.C10H12O3.C5H8O/c1-12(16)13-5-7-14(8-6-13)17-10-11-19-15-4-2-3-9-18-15;1-8(12)9-2-4-10(5-3-9)13-7-6-11;1-2-4-6-5-3-1/h5-8,15H,2-4,9-11H2,1H3;2-5,11H,6-7H2,1H3;2,4H,1,3,5H2. The fraction of sp³-hybridized carbons (Fsp3) is 0.467. The van der Waals surface area contributed by atoms with Crippen LogP contribution in [0.3, 0.4) is 0 Å². The fourth-order valence-corrected chi connectivity index (χ4v) is 3.41. The van der Waals surface area contributed by atoms with Gasteiger partial charge in [-0.15, -0.1) is 0 Å². The predicted molar refractivity (Wildman–Crippen MR) is 145 cm³/mol. The third kappa shape index (κ3) is 13.4. The van der Waals surface area contributed by atoms with Gasteiger partial charge in [-0.05, 0) is 101 Å². The average Bonchev–Trinajstić information content (AvgIpc) is 2.97. The number of carbonyl (C=O) groups is 2. The minimum atomic E-state index is -0.0718. The van der Waals surface area contributed by atoms with Crippen LogP contribution in [0, 0.1) is 0 Å². The lowest BCUT2D eigenvalue weighted by Crippen LogP contribution is -2.24. The van der Waals surface area contributed by atoms with Gasteiger partial charge in [0.2, 0.25) is 0 Å². The predicted octanol–water partition coefficient (Wildman–Crippen LogP) is 5.38. The van der Waals surface area contributed by atoms with E-state index in [4.69, 9.17) is 28.8 Å². The first-order valence-corrected chi connectivity index (χ1v) is 13.1. The lowest BCUT2D eigenvalue weighted by atomic mass is 10.1. The number of rotatable bonds is 10. The van der Waals surface area contributed by atoms with Crippen molar-refractivity contribution in [3.63, 3.8) is 0 Å². The van der Waals surface area contributed by atoms with Crippen LogP contribution in [0.4, 0.5) is 0 Å². The molecule has 4 rings (SSSR count). The highest BCUT2D eigenvalue weighted by atomic mass is 16.7. The lowest BCUT2D eigenvalue weighted by Gasteiger charge is -2.22. The molecule has 1 atom stereocenters. The molecular weight excluding hydrogens is 488 g/mol. The Bertz CT molecular complexity index is 939. The summed E-state index contributed by atoms with van der Waals surface area (Å²) >= 11 is 0. The topological polar surface area (TPSA) is 101 Å². The summed E-state index contributed by atoms with van der Waals surface area (Å²) in [5, 5.41) is 8.49. The Kier molecular flexibility index (Phi) is 15.5. The molecule has 0 amide bonds. The number of carbonyl (C=O) groups excluding carboxylic acids is 2. The second-order valence-electron chi connectivity index (χ2n) is 8.63. The number of allylic oxidation sites excluding steroid dienone is 1. The van der Waals surface area contributed by atoms with Gasteiger partial charge in [0.1, 0.15) is 24.7 Å². The number of hydrogen-bond donors (Lipinski definition) is 1. The zero-order valence-electron chi connectivity index (χ0n) is 22.4. The maximum Gasteiger partial charge on any atom is 0.159 e. The molecule has 2 aliphatic rings. The van der Waals surface area contributed by atoms with Gasteiger partial charge >= 0.3 is 0 Å². The van der Waals surface area contributed by atoms with Crippen molar-refractivity contribution in [3.8, 4) is 11.5 Å². The summed E-state index contributed by atoms with van der Waals surface area (Å²) in [6, 6.07) is 14.0. The van der Waals surface area contributed by atoms with Crippen LogP contribution in [0.25, 0.3) is 0 Å². The van der Waals surface area contributed by atoms with Gasteiger partial charge in [0.15, 0.2) is 17.9 Å². The van der Waals surface area contributed by atoms with Gasteiger partial charge in [-0.25, -0.2) is 0 Å². The zero-order chi connectivity index (χ0) is 27.4. The largest absolute Gasteiger partial charge is 0.502 e. The number of aliphatic hydroxyl groups excluding tert-OH is 1. The Morgan fingerprint density at radius 3 is 1.82 bits per heavy atom. The van der Waals surface area contributed by atoms with E-state index in [-0.39, 0.29) is 31.1 Å². The van der Waals surface area contributed by atoms with Crippen LogP contribution in [0.15, 0.2) is 60.9 Å². The zero-order valence-corrected chi connectivity index (χ0v) is 22.4. The first-order valence-electron chi connectivity index (χ1n) is 13.1. The summed E-state index contributed by atoms with van der Waals surface area (Å²) in [5.74, 6) is 1.51. The van der Waals surface area contributed by atoms with Crippen molar-refractivity contribution in [1.29, 1.82) is 0 Å². The number of ketones is 2. The molecule has 1 fully saturated rings. The number of aliphatic hydroxyl groups is 1. The van der Waals surface area contributed by atoms with Gasteiger partial charge in [-0.2, -0.15) is 0 Å². The van der Waals surface area contributed by atoms with Gasteiger partial charge in [-0.1, -0.05) is 0 Å². The first kappa shape index (κ1) is 31.0. The summed E-state index contributed by atoms with van der Waals surface area (Å²) in [5.41, 5.74) is 1.36. The van der Waals surface area contributed by atoms with Crippen molar-refractivity contribution < 1.29 is 38.4 Å². The molecule has 0 spiro atoms. The summed E-state index contributed by atoms with van der Waals surface area (Å²) in [6.07, 6.45) is 9.38. The van der Waals surface area contributed by atoms with Crippen molar-refractivity contribution in [3.05, 3.63) is 72.0 Å². The average molecular weight is 529 g/mol. The quantitative estimate of drug-likeness (QED) is 0.324. The second kappa shape index (κ2) is 19.0. The van der Waals surface area contributed by atoms with Crippen LogP contribution >= 0.6 is 0 Å². The van der Waals surface area contributed by atoms with E-state index in [0.717, 1.165) is 38.2 Å². The molecule has 0 aliphatic carbocycles. The van der Waals surface area contributed by atoms with Crippen molar-refractivity contribution in [1.82, 2.24) is 0 Å². The highest BCUT2D eigenvalue weighted by molar-refractivity contribution is 5.94. The van der Waals surface area contributed by atoms with Crippen molar-refractivity contribution in [2.24, 2.45) is 0 Å². The normalized spacial score (nSPS) is 16.0. The number of Topliss-reactive ketones (excluding diaryl/α,β-unsaturated/α-hetero) is 2. The van der Waals surface area contributed by atoms with Crippen molar-refractivity contribution >= 4 is 11.6 Å². The monoisotopic (exact) mass is 528 g/mol. The van der Waals surface area contributed by atoms with E-state index in [1.54, 1.807) is 61.7 Å². The SMILES string of the molecule is C1=COCCC1.CC(=O)c1ccc(OCCO)cc1.CC(=O)c1ccc(OCCOC2CCCCO2)cc1. The summed E-state index contributed by atoms with van der Waals surface area (Å²) in [7, 11) is 0. The Morgan fingerprint density at radius 2 is 1.42 bits per heavy atom. The van der Waals surface area contributed by atoms with Gasteiger partial charge in [0.25, 0.3) is 0 Å². The molecule has 1 unspecified atom stereocenters. The molecule has 2 aromatic carbocycles. The molecule has 1 N–H and O–H groups in total. The molecule has 2 heterocycles. The van der Waals surface area contributed by atoms with E-state index >= 15 is 0 Å². The molecule has 38 heavy (non-hydrogen) atoms. The summed E-state index contributed by atoms with van der Waals surface area (Å²) in [4.78, 5) is 22.0. The molecule has 1 saturated heterocycles. The van der Waals surface area contributed by atoms with Crippen LogP contribution in [0.2, 0.25) is 0 Å². The molecule has 0 saturated carbocycles. The van der Waals surface area contributed by atoms with Gasteiger partial charge in [-0.3, -0.25) is 9.59 Å². The molecule has 0 aromatic heterocycles. The number of ether oxygens (including phenoxy) is 5. The molecule has 0 radical (unpaired) electrons. The molecule has 2 aliphatic heterocycles. The van der Waals surface area contributed by atoms with Crippen LogP contribution < -0.4 is 9.47 Å². The van der Waals surface area contributed by atoms with Gasteiger partial charge < -0.3 is 28.8 Å². The minimum absolute atomic E-state index is 0.00550. The molecule has 0 bridgehead atoms. The number of benzene rings is 2. The maximum atomic E-state index is 11.1. The first-order chi connectivity index (χ1) is 18.5. The van der Waals surface area contributed by atoms with E-state index in [0.29, 0.717) is 30.1 Å². The Morgan fingerprint density at radius 1 is 0.816 bits per heavy atom. The fourth-order valence-electron chi connectivity index (χ4n) is 3.41. The smallest absolute Gasteiger partial charge is 0.159 e. The molecular formula is C30H40O8. The van der Waals surface area contributed by atoms with Crippen LogP contribution in [0.5, 0.6) is 11.5 Å². The van der Waals surface area contributed by atoms with Gasteiger partial charge in [0.05, 0.1) is 26.1 Å². The van der Waals surface area contributed by atoms with E-state index in [2.05, 4.69) is 0 Å². The van der Waals surface area contributed by atoms with Crippen LogP contribution in [0.1, 0.15) is 66.7 Å². The van der Waals surface area contributed by atoms with Crippen LogP contribution in [-0.2, 0) is 14.2 Å². The van der Waals surface area contributed by atoms with E-state index in [1.807, 2.05) is 6.08 Å². The third-order valence-corrected chi connectivity index (χ3v) is 5.50. The van der Waals surface area contributed by atoms with E-state index in [1.165, 1.54) is 19.8 Å². The Balaban J connectivity index is 0.000000229. The Hall–Kier alpha value is -3.20. The summed E-state index contributed by atoms with van der Waals surface area (Å²) in [6.45, 7) is 6.04. The highest BCUT2D eigenvalue weighted by Crippen LogP contribution is 2.15. The molecule has 8 nitrogen and oxygen atoms in total. The van der Waals surface area contributed by atoms with Crippen molar-refractivity contribution in [2.45, 2.75) is 52.2 Å². The maximum absolute atomic E-state index is 11.1. The van der Waals surface area contributed by atoms with E-state index < -0.39 is 0 Å². The highest BCUT2D eigenvalue weighted by Gasteiger charge is 2.13. The lowest BCUT2D eigenvalue weighted by molar-refractivity contribution is -0.165. The molecule has 208 valence electrons. The second-order valence-corrected chi connectivity index (χ2v) is 8.63. The Labute approximate surface area is 225 Å². The minimum Gasteiger partial charge on any atom is -0.502 e. The number of hydrogen-bond acceptors (Lipinski definition) is 8. The van der Waals surface area contributed by atoms with Crippen LogP contribution in [-0.4, -0.2) is 62.6 Å². The third-order valence-electron chi connectivity index (χ3n) is 5.50.